The molecule has 0 aromatic heterocycles. The van der Waals surface area contributed by atoms with E-state index in [9.17, 15) is 0 Å². The van der Waals surface area contributed by atoms with E-state index in [1.54, 1.807) is 0 Å². The molecule has 142 valence electrons. The summed E-state index contributed by atoms with van der Waals surface area (Å²) in [6.45, 7) is 4.08. The molecule has 4 rings (SSSR count). The minimum absolute atomic E-state index is 0. The highest BCUT2D eigenvalue weighted by Crippen LogP contribution is 2.26. The Kier molecular flexibility index (Phi) is 5.86. The Balaban J connectivity index is 0.00000210. The van der Waals surface area contributed by atoms with Gasteiger partial charge in [0.1, 0.15) is 0 Å². The number of para-hydroxylation sites is 1. The molecule has 0 aliphatic carbocycles. The van der Waals surface area contributed by atoms with Crippen molar-refractivity contribution < 1.29 is 0 Å². The number of hydrogen-bond donors (Lipinski definition) is 2. The SMILES string of the molecule is Cc1cccc(N2C(N3CCCC3)=NC(N)=NC2Nc2ccccc2)c1.Cl. The monoisotopic (exact) mass is 384 g/mol. The number of anilines is 2. The Morgan fingerprint density at radius 3 is 2.48 bits per heavy atom. The van der Waals surface area contributed by atoms with Gasteiger partial charge in [0, 0.05) is 24.5 Å². The van der Waals surface area contributed by atoms with E-state index in [1.165, 1.54) is 18.4 Å². The van der Waals surface area contributed by atoms with Crippen LogP contribution >= 0.6 is 12.4 Å². The van der Waals surface area contributed by atoms with Crippen molar-refractivity contribution in [2.24, 2.45) is 15.7 Å². The van der Waals surface area contributed by atoms with Crippen LogP contribution < -0.4 is 16.0 Å². The fourth-order valence-corrected chi connectivity index (χ4v) is 3.43. The van der Waals surface area contributed by atoms with E-state index in [2.05, 4.69) is 56.3 Å². The Morgan fingerprint density at radius 2 is 1.78 bits per heavy atom. The van der Waals surface area contributed by atoms with Gasteiger partial charge in [-0.2, -0.15) is 4.99 Å². The largest absolute Gasteiger partial charge is 0.368 e. The van der Waals surface area contributed by atoms with E-state index in [4.69, 9.17) is 5.73 Å². The summed E-state index contributed by atoms with van der Waals surface area (Å²) in [4.78, 5) is 13.6. The molecule has 2 aliphatic heterocycles. The van der Waals surface area contributed by atoms with E-state index in [1.807, 2.05) is 30.3 Å². The molecule has 0 spiro atoms. The van der Waals surface area contributed by atoms with Crippen molar-refractivity contribution in [1.29, 1.82) is 0 Å². The van der Waals surface area contributed by atoms with Gasteiger partial charge in [-0.25, -0.2) is 4.99 Å². The van der Waals surface area contributed by atoms with Crippen LogP contribution in [0, 0.1) is 6.92 Å². The first kappa shape index (κ1) is 19.0. The van der Waals surface area contributed by atoms with Gasteiger partial charge in [0.2, 0.25) is 18.2 Å². The summed E-state index contributed by atoms with van der Waals surface area (Å²) in [6.07, 6.45) is 2.01. The molecule has 2 aliphatic rings. The molecule has 1 saturated heterocycles. The van der Waals surface area contributed by atoms with Crippen molar-refractivity contribution in [2.75, 3.05) is 23.3 Å². The predicted octanol–water partition coefficient (Wildman–Crippen LogP) is 3.40. The molecule has 0 bridgehead atoms. The maximum Gasteiger partial charge on any atom is 0.222 e. The van der Waals surface area contributed by atoms with E-state index in [-0.39, 0.29) is 18.7 Å². The average molecular weight is 385 g/mol. The van der Waals surface area contributed by atoms with Crippen LogP contribution in [0.3, 0.4) is 0 Å². The van der Waals surface area contributed by atoms with Gasteiger partial charge in [-0.05, 0) is 49.6 Å². The van der Waals surface area contributed by atoms with Crippen LogP contribution in [-0.4, -0.2) is 36.2 Å². The van der Waals surface area contributed by atoms with Gasteiger partial charge in [-0.15, -0.1) is 12.4 Å². The highest BCUT2D eigenvalue weighted by molar-refractivity contribution is 6.06. The molecule has 0 radical (unpaired) electrons. The zero-order chi connectivity index (χ0) is 17.9. The van der Waals surface area contributed by atoms with E-state index < -0.39 is 0 Å². The number of benzene rings is 2. The minimum atomic E-state index is -0.340. The molecule has 2 aromatic rings. The van der Waals surface area contributed by atoms with Crippen LogP contribution in [0.15, 0.2) is 64.6 Å². The third-order valence-corrected chi connectivity index (χ3v) is 4.67. The maximum atomic E-state index is 6.08. The van der Waals surface area contributed by atoms with Gasteiger partial charge in [-0.1, -0.05) is 30.3 Å². The first-order valence-electron chi connectivity index (χ1n) is 9.05. The lowest BCUT2D eigenvalue weighted by Crippen LogP contribution is -2.54. The van der Waals surface area contributed by atoms with Crippen molar-refractivity contribution >= 4 is 35.7 Å². The fraction of sp³-hybridized carbons (Fsp3) is 0.300. The van der Waals surface area contributed by atoms with Gasteiger partial charge >= 0.3 is 0 Å². The van der Waals surface area contributed by atoms with Crippen molar-refractivity contribution in [3.63, 3.8) is 0 Å². The molecule has 0 saturated carbocycles. The lowest BCUT2D eigenvalue weighted by atomic mass is 10.2. The van der Waals surface area contributed by atoms with Crippen LogP contribution in [-0.2, 0) is 0 Å². The topological polar surface area (TPSA) is 69.2 Å². The normalized spacial score (nSPS) is 19.2. The maximum absolute atomic E-state index is 6.08. The Bertz CT molecular complexity index is 829. The summed E-state index contributed by atoms with van der Waals surface area (Å²) < 4.78 is 0. The summed E-state index contributed by atoms with van der Waals surface area (Å²) in [5, 5.41) is 3.48. The van der Waals surface area contributed by atoms with Crippen molar-refractivity contribution in [1.82, 2.24) is 4.90 Å². The van der Waals surface area contributed by atoms with Crippen LogP contribution in [0.4, 0.5) is 11.4 Å². The summed E-state index contributed by atoms with van der Waals surface area (Å²) in [6, 6.07) is 18.5. The lowest BCUT2D eigenvalue weighted by Gasteiger charge is -2.38. The van der Waals surface area contributed by atoms with Crippen molar-refractivity contribution in [2.45, 2.75) is 26.1 Å². The first-order chi connectivity index (χ1) is 12.7. The number of nitrogens with zero attached hydrogens (tertiary/aromatic N) is 4. The van der Waals surface area contributed by atoms with Crippen LogP contribution in [0.1, 0.15) is 18.4 Å². The van der Waals surface area contributed by atoms with Gasteiger partial charge in [0.15, 0.2) is 0 Å². The molecular formula is C20H25ClN6. The van der Waals surface area contributed by atoms with Gasteiger partial charge in [-0.3, -0.25) is 4.90 Å². The first-order valence-corrected chi connectivity index (χ1v) is 9.05. The number of likely N-dealkylation sites (tertiary alicyclic amines) is 1. The van der Waals surface area contributed by atoms with E-state index >= 15 is 0 Å². The van der Waals surface area contributed by atoms with Gasteiger partial charge in [0.25, 0.3) is 0 Å². The second kappa shape index (κ2) is 8.31. The molecule has 27 heavy (non-hydrogen) atoms. The molecule has 2 aromatic carbocycles. The average Bonchev–Trinajstić information content (AvgIpc) is 3.17. The second-order valence-electron chi connectivity index (χ2n) is 6.69. The Hall–Kier alpha value is -2.73. The molecule has 2 heterocycles. The molecule has 1 unspecified atom stereocenters. The zero-order valence-corrected chi connectivity index (χ0v) is 16.2. The number of hydrogen-bond acceptors (Lipinski definition) is 6. The number of nitrogens with two attached hydrogens (primary N) is 1. The van der Waals surface area contributed by atoms with Crippen molar-refractivity contribution in [3.05, 3.63) is 60.2 Å². The summed E-state index contributed by atoms with van der Waals surface area (Å²) in [5.41, 5.74) is 9.33. The smallest absolute Gasteiger partial charge is 0.222 e. The summed E-state index contributed by atoms with van der Waals surface area (Å²) in [5.74, 6) is 1.18. The highest BCUT2D eigenvalue weighted by Gasteiger charge is 2.32. The molecule has 0 amide bonds. The Labute approximate surface area is 166 Å². The van der Waals surface area contributed by atoms with E-state index in [0.29, 0.717) is 5.96 Å². The van der Waals surface area contributed by atoms with Crippen LogP contribution in [0.5, 0.6) is 0 Å². The second-order valence-corrected chi connectivity index (χ2v) is 6.69. The minimum Gasteiger partial charge on any atom is -0.368 e. The number of nitrogens with one attached hydrogen (secondary N) is 1. The van der Waals surface area contributed by atoms with Crippen LogP contribution in [0.2, 0.25) is 0 Å². The molecule has 1 atom stereocenters. The van der Waals surface area contributed by atoms with Crippen molar-refractivity contribution in [3.8, 4) is 0 Å². The standard InChI is InChI=1S/C20H24N6.ClH/c1-15-8-7-11-17(14-15)26-19(22-16-9-3-2-4-10-16)23-18(21)24-20(26)25-12-5-6-13-25;/h2-4,7-11,14,19,22H,5-6,12-13H2,1H3,(H2,21,23);1H. The third kappa shape index (κ3) is 4.17. The number of aryl methyl sites for hydroxylation is 1. The van der Waals surface area contributed by atoms with Gasteiger partial charge in [0.05, 0.1) is 0 Å². The fourth-order valence-electron chi connectivity index (χ4n) is 3.43. The summed E-state index contributed by atoms with van der Waals surface area (Å²) >= 11 is 0. The molecule has 7 heteroatoms. The molecule has 1 fully saturated rings. The molecular weight excluding hydrogens is 360 g/mol. The van der Waals surface area contributed by atoms with Gasteiger partial charge < -0.3 is 16.0 Å². The lowest BCUT2D eigenvalue weighted by molar-refractivity contribution is 0.497. The Morgan fingerprint density at radius 1 is 1.04 bits per heavy atom. The zero-order valence-electron chi connectivity index (χ0n) is 15.4. The van der Waals surface area contributed by atoms with Crippen LogP contribution in [0.25, 0.3) is 0 Å². The summed E-state index contributed by atoms with van der Waals surface area (Å²) in [7, 11) is 0. The number of rotatable bonds is 3. The quantitative estimate of drug-likeness (QED) is 0.850. The number of halogens is 1. The third-order valence-electron chi connectivity index (χ3n) is 4.67. The number of guanidine groups is 2. The highest BCUT2D eigenvalue weighted by atomic mass is 35.5. The molecule has 3 N–H and O–H groups in total. The predicted molar refractivity (Wildman–Crippen MR) is 115 cm³/mol. The number of aliphatic imine (C=N–C) groups is 2. The van der Waals surface area contributed by atoms with E-state index in [0.717, 1.165) is 30.4 Å². The molecule has 6 nitrogen and oxygen atoms in total.